The van der Waals surface area contributed by atoms with E-state index in [4.69, 9.17) is 0 Å². The van der Waals surface area contributed by atoms with Gasteiger partial charge in [-0.3, -0.25) is 10.1 Å². The van der Waals surface area contributed by atoms with E-state index in [9.17, 15) is 10.1 Å². The maximum Gasteiger partial charge on any atom is 0.281 e. The molecule has 0 aliphatic carbocycles. The van der Waals surface area contributed by atoms with E-state index in [2.05, 4.69) is 9.47 Å². The highest BCUT2D eigenvalue weighted by Gasteiger charge is 1.96. The van der Waals surface area contributed by atoms with Gasteiger partial charge >= 0.3 is 0 Å². The third-order valence-electron chi connectivity index (χ3n) is 0.809. The Balaban J connectivity index is 3.74. The second-order valence-electron chi connectivity index (χ2n) is 1.45. The first-order valence-electron chi connectivity index (χ1n) is 2.60. The molecule has 58 valence electrons. The molecule has 0 amide bonds. The summed E-state index contributed by atoms with van der Waals surface area (Å²) in [5.74, 6) is 0.164. The smallest absolute Gasteiger partial charge is 0.281 e. The molecule has 0 spiro atoms. The first kappa shape index (κ1) is 8.74. The molecular weight excluding hydrogens is 138 g/mol. The van der Waals surface area contributed by atoms with E-state index in [1.54, 1.807) is 0 Å². The van der Waals surface area contributed by atoms with Gasteiger partial charge in [0.15, 0.2) is 0 Å². The number of hydrogen-bond donors (Lipinski definition) is 0. The van der Waals surface area contributed by atoms with Gasteiger partial charge in [0.05, 0.1) is 20.3 Å². The van der Waals surface area contributed by atoms with Crippen LogP contribution in [0.2, 0.25) is 0 Å². The fourth-order valence-electron chi connectivity index (χ4n) is 0.399. The molecule has 0 aliphatic heterocycles. The molecule has 0 aromatic rings. The van der Waals surface area contributed by atoms with E-state index >= 15 is 0 Å². The number of hydrogen-bond acceptors (Lipinski definition) is 4. The molecule has 0 N–H and O–H groups in total. The minimum atomic E-state index is -0.474. The van der Waals surface area contributed by atoms with Crippen LogP contribution in [-0.2, 0) is 9.47 Å². The van der Waals surface area contributed by atoms with Gasteiger partial charge in [-0.2, -0.15) is 0 Å². The molecule has 5 heteroatoms. The van der Waals surface area contributed by atoms with Crippen molar-refractivity contribution in [1.82, 2.24) is 0 Å². The second-order valence-corrected chi connectivity index (χ2v) is 1.45. The lowest BCUT2D eigenvalue weighted by Crippen LogP contribution is -1.99. The normalized spacial score (nSPS) is 8.20. The highest BCUT2D eigenvalue weighted by molar-refractivity contribution is 4.81. The predicted molar refractivity (Wildman–Crippen MR) is 34.0 cm³/mol. The summed E-state index contributed by atoms with van der Waals surface area (Å²) < 4.78 is 9.17. The number of rotatable bonds is 4. The van der Waals surface area contributed by atoms with E-state index in [1.807, 2.05) is 0 Å². The first-order valence-corrected chi connectivity index (χ1v) is 2.60. The SMILES string of the molecule is COC(=CC[N+](=O)[O-])OC. The van der Waals surface area contributed by atoms with Crippen molar-refractivity contribution in [2.24, 2.45) is 0 Å². The van der Waals surface area contributed by atoms with Crippen LogP contribution in [0, 0.1) is 10.1 Å². The van der Waals surface area contributed by atoms with Crippen LogP contribution < -0.4 is 0 Å². The van der Waals surface area contributed by atoms with Gasteiger partial charge in [-0.1, -0.05) is 0 Å². The molecule has 0 saturated carbocycles. The lowest BCUT2D eigenvalue weighted by atomic mass is 10.6. The van der Waals surface area contributed by atoms with Crippen LogP contribution >= 0.6 is 0 Å². The molecule has 0 unspecified atom stereocenters. The molecule has 10 heavy (non-hydrogen) atoms. The molecular formula is C5H9NO4. The Morgan fingerprint density at radius 1 is 1.60 bits per heavy atom. The Hall–Kier alpha value is -1.26. The Morgan fingerprint density at radius 2 is 2.10 bits per heavy atom. The third-order valence-corrected chi connectivity index (χ3v) is 0.809. The molecule has 0 fully saturated rings. The number of ether oxygens (including phenoxy) is 2. The zero-order valence-corrected chi connectivity index (χ0v) is 5.86. The number of nitro groups is 1. The summed E-state index contributed by atoms with van der Waals surface area (Å²) in [4.78, 5) is 9.31. The van der Waals surface area contributed by atoms with Crippen LogP contribution in [0.4, 0.5) is 0 Å². The maximum absolute atomic E-state index is 9.79. The van der Waals surface area contributed by atoms with Gasteiger partial charge in [0.2, 0.25) is 6.54 Å². The Labute approximate surface area is 58.4 Å². The van der Waals surface area contributed by atoms with Gasteiger partial charge in [0.25, 0.3) is 5.95 Å². The molecule has 0 saturated heterocycles. The third kappa shape index (κ3) is 3.71. The average Bonchev–Trinajstić information content (AvgIpc) is 1.90. The fraction of sp³-hybridized carbons (Fsp3) is 0.600. The van der Waals surface area contributed by atoms with Crippen molar-refractivity contribution in [3.8, 4) is 0 Å². The number of methoxy groups -OCH3 is 2. The molecule has 0 aliphatic rings. The standard InChI is InChI=1S/C5H9NO4/c1-9-5(10-2)3-4-6(7)8/h3H,4H2,1-2H3. The van der Waals surface area contributed by atoms with E-state index < -0.39 is 4.92 Å². The summed E-state index contributed by atoms with van der Waals surface area (Å²) in [6.45, 7) is -0.281. The van der Waals surface area contributed by atoms with Crippen LogP contribution in [0.3, 0.4) is 0 Å². The van der Waals surface area contributed by atoms with Gasteiger partial charge in [-0.25, -0.2) is 0 Å². The monoisotopic (exact) mass is 147 g/mol. The van der Waals surface area contributed by atoms with Crippen LogP contribution in [0.15, 0.2) is 12.0 Å². The largest absolute Gasteiger partial charge is 0.469 e. The summed E-state index contributed by atoms with van der Waals surface area (Å²) in [5, 5.41) is 9.79. The van der Waals surface area contributed by atoms with Crippen LogP contribution in [-0.4, -0.2) is 25.7 Å². The van der Waals surface area contributed by atoms with Gasteiger partial charge in [0.1, 0.15) is 0 Å². The van der Waals surface area contributed by atoms with Crippen LogP contribution in [0.25, 0.3) is 0 Å². The molecule has 0 aromatic heterocycles. The lowest BCUT2D eigenvalue weighted by Gasteiger charge is -2.00. The zero-order chi connectivity index (χ0) is 7.98. The van der Waals surface area contributed by atoms with Crippen molar-refractivity contribution in [2.75, 3.05) is 20.8 Å². The summed E-state index contributed by atoms with van der Waals surface area (Å²) in [6.07, 6.45) is 1.25. The van der Waals surface area contributed by atoms with Crippen molar-refractivity contribution in [2.45, 2.75) is 0 Å². The molecule has 0 bridgehead atoms. The van der Waals surface area contributed by atoms with E-state index in [0.29, 0.717) is 0 Å². The molecule has 0 radical (unpaired) electrons. The van der Waals surface area contributed by atoms with Crippen molar-refractivity contribution >= 4 is 0 Å². The first-order chi connectivity index (χ1) is 4.70. The Morgan fingerprint density at radius 3 is 2.40 bits per heavy atom. The van der Waals surface area contributed by atoms with Crippen LogP contribution in [0.1, 0.15) is 0 Å². The van der Waals surface area contributed by atoms with Gasteiger partial charge in [-0.05, 0) is 0 Å². The van der Waals surface area contributed by atoms with Crippen molar-refractivity contribution in [3.63, 3.8) is 0 Å². The highest BCUT2D eigenvalue weighted by atomic mass is 16.7. The van der Waals surface area contributed by atoms with Crippen molar-refractivity contribution in [1.29, 1.82) is 0 Å². The summed E-state index contributed by atoms with van der Waals surface area (Å²) in [5.41, 5.74) is 0. The molecule has 0 aromatic carbocycles. The average molecular weight is 147 g/mol. The minimum Gasteiger partial charge on any atom is -0.469 e. The number of nitrogens with zero attached hydrogens (tertiary/aromatic N) is 1. The van der Waals surface area contributed by atoms with Crippen molar-refractivity contribution < 1.29 is 14.4 Å². The summed E-state index contributed by atoms with van der Waals surface area (Å²) >= 11 is 0. The summed E-state index contributed by atoms with van der Waals surface area (Å²) in [6, 6.07) is 0. The Kier molecular flexibility index (Phi) is 4.02. The van der Waals surface area contributed by atoms with E-state index in [1.165, 1.54) is 20.3 Å². The molecule has 5 nitrogen and oxygen atoms in total. The lowest BCUT2D eigenvalue weighted by molar-refractivity contribution is -0.468. The highest BCUT2D eigenvalue weighted by Crippen LogP contribution is 1.93. The van der Waals surface area contributed by atoms with E-state index in [0.717, 1.165) is 0 Å². The molecule has 0 atom stereocenters. The maximum atomic E-state index is 9.79. The zero-order valence-electron chi connectivity index (χ0n) is 5.86. The second kappa shape index (κ2) is 4.60. The Bertz CT molecular complexity index is 137. The topological polar surface area (TPSA) is 61.6 Å². The molecule has 0 heterocycles. The quantitative estimate of drug-likeness (QED) is 0.328. The van der Waals surface area contributed by atoms with Crippen molar-refractivity contribution in [3.05, 3.63) is 22.1 Å². The van der Waals surface area contributed by atoms with Crippen LogP contribution in [0.5, 0.6) is 0 Å². The predicted octanol–water partition coefficient (Wildman–Crippen LogP) is 0.397. The summed E-state index contributed by atoms with van der Waals surface area (Å²) in [7, 11) is 2.77. The van der Waals surface area contributed by atoms with Gasteiger partial charge < -0.3 is 9.47 Å². The van der Waals surface area contributed by atoms with Gasteiger partial charge in [0, 0.05) is 4.92 Å². The van der Waals surface area contributed by atoms with E-state index in [-0.39, 0.29) is 12.5 Å². The fourth-order valence-corrected chi connectivity index (χ4v) is 0.399. The minimum absolute atomic E-state index is 0.164. The van der Waals surface area contributed by atoms with Gasteiger partial charge in [-0.15, -0.1) is 0 Å². The molecule has 0 rings (SSSR count).